The monoisotopic (exact) mass is 552 g/mol. The predicted octanol–water partition coefficient (Wildman–Crippen LogP) is 6.12. The average Bonchev–Trinajstić information content (AvgIpc) is 3.27. The topological polar surface area (TPSA) is 82.9 Å². The van der Waals surface area contributed by atoms with Gasteiger partial charge in [0, 0.05) is 47.8 Å². The first kappa shape index (κ1) is 27.1. The Bertz CT molecular complexity index is 1190. The summed E-state index contributed by atoms with van der Waals surface area (Å²) in [5.74, 6) is 0.708. The third kappa shape index (κ3) is 6.89. The van der Waals surface area contributed by atoms with Crippen molar-refractivity contribution in [3.63, 3.8) is 0 Å². The molecule has 3 aromatic rings. The molecule has 36 heavy (non-hydrogen) atoms. The lowest BCUT2D eigenvalue weighted by Crippen LogP contribution is -2.42. The molecule has 3 heterocycles. The Kier molecular flexibility index (Phi) is 9.47. The summed E-state index contributed by atoms with van der Waals surface area (Å²) in [7, 11) is 1.59. The van der Waals surface area contributed by atoms with Crippen molar-refractivity contribution in [2.45, 2.75) is 36.0 Å². The van der Waals surface area contributed by atoms with Gasteiger partial charge in [0.15, 0.2) is 0 Å². The number of carbonyl (C=O) groups is 1. The van der Waals surface area contributed by atoms with Gasteiger partial charge in [0.2, 0.25) is 0 Å². The lowest BCUT2D eigenvalue weighted by molar-refractivity contribution is -0.139. The number of aliphatic carboxylic acids is 1. The van der Waals surface area contributed by atoms with E-state index in [1.807, 2.05) is 18.2 Å². The number of methoxy groups -OCH3 is 1. The molecule has 0 radical (unpaired) electrons. The smallest absolute Gasteiger partial charge is 0.303 e. The highest BCUT2D eigenvalue weighted by molar-refractivity contribution is 8.01. The van der Waals surface area contributed by atoms with Gasteiger partial charge in [0.1, 0.15) is 11.6 Å². The zero-order valence-electron chi connectivity index (χ0n) is 20.0. The number of carboxylic acids is 1. The van der Waals surface area contributed by atoms with Crippen LogP contribution in [0.15, 0.2) is 40.1 Å². The largest absolute Gasteiger partial charge is 0.497 e. The van der Waals surface area contributed by atoms with E-state index in [-0.39, 0.29) is 24.1 Å². The number of aromatic nitrogens is 1. The van der Waals surface area contributed by atoms with E-state index in [9.17, 15) is 19.4 Å². The Morgan fingerprint density at radius 2 is 2.22 bits per heavy atom. The molecule has 1 fully saturated rings. The van der Waals surface area contributed by atoms with Crippen LogP contribution in [0.25, 0.3) is 10.9 Å². The molecule has 0 unspecified atom stereocenters. The van der Waals surface area contributed by atoms with Gasteiger partial charge in [-0.2, -0.15) is 0 Å². The highest BCUT2D eigenvalue weighted by Gasteiger charge is 2.31. The Morgan fingerprint density at radius 1 is 1.39 bits per heavy atom. The van der Waals surface area contributed by atoms with Gasteiger partial charge < -0.3 is 19.8 Å². The fourth-order valence-corrected chi connectivity index (χ4v) is 7.16. The lowest BCUT2D eigenvalue weighted by atomic mass is 9.79. The van der Waals surface area contributed by atoms with Gasteiger partial charge in [-0.3, -0.25) is 9.78 Å². The van der Waals surface area contributed by atoms with Crippen molar-refractivity contribution in [2.75, 3.05) is 32.5 Å². The summed E-state index contributed by atoms with van der Waals surface area (Å²) in [6.07, 6.45) is 2.94. The number of aliphatic hydroxyl groups excluding tert-OH is 1. The number of thiophene rings is 1. The standard InChI is InChI=1S/C26H30ClFN2O4S2/c1-34-19-3-4-22-20(12-19)26(21(27)13-29-22)23(31)5-2-16-6-7-30(14-17(16)10-24(32)33)8-9-35-25-11-18(28)15-36-25/h3-4,11-13,15-17,23,31H,2,5-10,14H2,1H3,(H,32,33)/t16-,17-,23+/m1/s1. The van der Waals surface area contributed by atoms with Crippen LogP contribution in [-0.4, -0.2) is 58.6 Å². The van der Waals surface area contributed by atoms with Gasteiger partial charge in [-0.1, -0.05) is 11.6 Å². The van der Waals surface area contributed by atoms with E-state index in [2.05, 4.69) is 9.88 Å². The second-order valence-electron chi connectivity index (χ2n) is 9.14. The number of pyridine rings is 1. The van der Waals surface area contributed by atoms with Crippen LogP contribution in [0.4, 0.5) is 4.39 Å². The van der Waals surface area contributed by atoms with Gasteiger partial charge >= 0.3 is 5.97 Å². The first-order valence-electron chi connectivity index (χ1n) is 11.9. The van der Waals surface area contributed by atoms with Crippen molar-refractivity contribution in [3.8, 4) is 5.75 Å². The van der Waals surface area contributed by atoms with E-state index in [0.717, 1.165) is 40.4 Å². The van der Waals surface area contributed by atoms with Gasteiger partial charge in [0.25, 0.3) is 0 Å². The molecule has 2 aromatic heterocycles. The molecule has 0 amide bonds. The number of piperidine rings is 1. The van der Waals surface area contributed by atoms with E-state index in [4.69, 9.17) is 16.3 Å². The maximum Gasteiger partial charge on any atom is 0.303 e. The Labute approximate surface area is 223 Å². The summed E-state index contributed by atoms with van der Waals surface area (Å²) in [6.45, 7) is 2.42. The van der Waals surface area contributed by atoms with Crippen LogP contribution >= 0.6 is 34.7 Å². The molecule has 1 aliphatic heterocycles. The van der Waals surface area contributed by atoms with Crippen molar-refractivity contribution >= 4 is 51.6 Å². The second kappa shape index (κ2) is 12.6. The maximum absolute atomic E-state index is 13.2. The molecular formula is C26H30ClFN2O4S2. The van der Waals surface area contributed by atoms with Crippen molar-refractivity contribution in [2.24, 2.45) is 11.8 Å². The number of thioether (sulfide) groups is 1. The number of hydrogen-bond donors (Lipinski definition) is 2. The minimum absolute atomic E-state index is 0.0115. The molecular weight excluding hydrogens is 523 g/mol. The van der Waals surface area contributed by atoms with Gasteiger partial charge in [-0.15, -0.1) is 23.1 Å². The van der Waals surface area contributed by atoms with E-state index >= 15 is 0 Å². The first-order valence-corrected chi connectivity index (χ1v) is 14.2. The SMILES string of the molecule is COc1ccc2ncc(Cl)c([C@@H](O)CC[C@@H]3CCN(CCSc4cc(F)cs4)C[C@H]3CC(=O)O)c2c1. The predicted molar refractivity (Wildman–Crippen MR) is 143 cm³/mol. The highest BCUT2D eigenvalue weighted by Crippen LogP contribution is 2.37. The number of likely N-dealkylation sites (tertiary alicyclic amines) is 1. The number of benzene rings is 1. The molecule has 3 atom stereocenters. The summed E-state index contributed by atoms with van der Waals surface area (Å²) in [5, 5.41) is 23.3. The van der Waals surface area contributed by atoms with Crippen LogP contribution in [0, 0.1) is 17.7 Å². The summed E-state index contributed by atoms with van der Waals surface area (Å²) < 4.78 is 19.5. The zero-order valence-corrected chi connectivity index (χ0v) is 22.4. The van der Waals surface area contributed by atoms with Crippen LogP contribution < -0.4 is 4.74 Å². The van der Waals surface area contributed by atoms with E-state index in [1.54, 1.807) is 31.1 Å². The zero-order chi connectivity index (χ0) is 25.7. The molecule has 2 N–H and O–H groups in total. The molecule has 0 spiro atoms. The summed E-state index contributed by atoms with van der Waals surface area (Å²) in [5.41, 5.74) is 1.37. The van der Waals surface area contributed by atoms with E-state index in [0.29, 0.717) is 35.7 Å². The molecule has 1 saturated heterocycles. The number of hydrogen-bond acceptors (Lipinski definition) is 7. The third-order valence-electron chi connectivity index (χ3n) is 6.82. The molecule has 1 aromatic carbocycles. The molecule has 0 aliphatic carbocycles. The fraction of sp³-hybridized carbons (Fsp3) is 0.462. The molecule has 1 aliphatic rings. The maximum atomic E-state index is 13.2. The highest BCUT2D eigenvalue weighted by atomic mass is 35.5. The van der Waals surface area contributed by atoms with Crippen molar-refractivity contribution in [1.29, 1.82) is 0 Å². The second-order valence-corrected chi connectivity index (χ2v) is 11.8. The van der Waals surface area contributed by atoms with Gasteiger partial charge in [-0.05, 0) is 61.9 Å². The fourth-order valence-electron chi connectivity index (χ4n) is 4.99. The van der Waals surface area contributed by atoms with Crippen LogP contribution in [0.1, 0.15) is 37.4 Å². The quantitative estimate of drug-likeness (QED) is 0.277. The average molecular weight is 553 g/mol. The van der Waals surface area contributed by atoms with Crippen LogP contribution in [-0.2, 0) is 4.79 Å². The summed E-state index contributed by atoms with van der Waals surface area (Å²) in [4.78, 5) is 18.3. The van der Waals surface area contributed by atoms with Gasteiger partial charge in [0.05, 0.1) is 28.0 Å². The van der Waals surface area contributed by atoms with Crippen LogP contribution in [0.2, 0.25) is 5.02 Å². The Hall–Kier alpha value is -1.91. The van der Waals surface area contributed by atoms with E-state index < -0.39 is 12.1 Å². The minimum atomic E-state index is -0.800. The number of aliphatic hydroxyl groups is 1. The normalized spacial score (nSPS) is 19.4. The molecule has 6 nitrogen and oxygen atoms in total. The van der Waals surface area contributed by atoms with Crippen molar-refractivity contribution in [3.05, 3.63) is 52.2 Å². The Morgan fingerprint density at radius 3 is 2.94 bits per heavy atom. The van der Waals surface area contributed by atoms with Crippen molar-refractivity contribution in [1.82, 2.24) is 9.88 Å². The number of carboxylic acid groups (broad SMARTS) is 1. The van der Waals surface area contributed by atoms with Gasteiger partial charge in [-0.25, -0.2) is 4.39 Å². The number of nitrogens with zero attached hydrogens (tertiary/aromatic N) is 2. The van der Waals surface area contributed by atoms with E-state index in [1.165, 1.54) is 16.7 Å². The minimum Gasteiger partial charge on any atom is -0.497 e. The lowest BCUT2D eigenvalue weighted by Gasteiger charge is -2.38. The summed E-state index contributed by atoms with van der Waals surface area (Å²) >= 11 is 9.49. The molecule has 0 saturated carbocycles. The molecule has 194 valence electrons. The molecule has 0 bridgehead atoms. The molecule has 10 heteroatoms. The van der Waals surface area contributed by atoms with Crippen LogP contribution in [0.5, 0.6) is 5.75 Å². The van der Waals surface area contributed by atoms with Crippen molar-refractivity contribution < 1.29 is 24.1 Å². The molecule has 4 rings (SSSR count). The number of halogens is 2. The summed E-state index contributed by atoms with van der Waals surface area (Å²) in [6, 6.07) is 7.04. The third-order valence-corrected chi connectivity index (χ3v) is 9.25. The first-order chi connectivity index (χ1) is 17.3. The number of fused-ring (bicyclic) bond motifs is 1. The number of rotatable bonds is 11. The number of ether oxygens (including phenoxy) is 1. The van der Waals surface area contributed by atoms with Crippen LogP contribution in [0.3, 0.4) is 0 Å². The Balaban J connectivity index is 1.38.